The third kappa shape index (κ3) is 6.54. The zero-order valence-corrected chi connectivity index (χ0v) is 20.1. The van der Waals surface area contributed by atoms with Crippen LogP contribution in [0, 0.1) is 6.92 Å². The number of methoxy groups -OCH3 is 1. The van der Waals surface area contributed by atoms with E-state index in [9.17, 15) is 14.4 Å². The van der Waals surface area contributed by atoms with Crippen molar-refractivity contribution in [2.45, 2.75) is 39.8 Å². The predicted molar refractivity (Wildman–Crippen MR) is 131 cm³/mol. The number of hydrogen-bond donors (Lipinski definition) is 0. The van der Waals surface area contributed by atoms with E-state index < -0.39 is 0 Å². The number of carbonyl (C=O) groups excluding carboxylic acids is 2. The lowest BCUT2D eigenvalue weighted by atomic mass is 10.1. The number of nitrogens with zero attached hydrogens (tertiary/aromatic N) is 2. The van der Waals surface area contributed by atoms with E-state index in [-0.39, 0.29) is 30.3 Å². The molecular weight excluding hydrogens is 432 g/mol. The third-order valence-electron chi connectivity index (χ3n) is 5.69. The monoisotopic (exact) mass is 464 g/mol. The molecular formula is C27H32N2O5. The molecule has 34 heavy (non-hydrogen) atoms. The van der Waals surface area contributed by atoms with E-state index in [1.165, 1.54) is 6.26 Å². The fraction of sp³-hybridized carbons (Fsp3) is 0.370. The molecule has 0 aliphatic rings. The van der Waals surface area contributed by atoms with Crippen molar-refractivity contribution in [3.05, 3.63) is 81.7 Å². The van der Waals surface area contributed by atoms with E-state index in [2.05, 4.69) is 0 Å². The summed E-state index contributed by atoms with van der Waals surface area (Å²) in [4.78, 5) is 42.2. The van der Waals surface area contributed by atoms with Gasteiger partial charge in [-0.1, -0.05) is 48.9 Å². The summed E-state index contributed by atoms with van der Waals surface area (Å²) in [6.07, 6.45) is 2.38. The van der Waals surface area contributed by atoms with Crippen LogP contribution < -0.4 is 5.43 Å². The van der Waals surface area contributed by atoms with Crippen LogP contribution in [0.3, 0.4) is 0 Å². The third-order valence-corrected chi connectivity index (χ3v) is 5.69. The summed E-state index contributed by atoms with van der Waals surface area (Å²) in [5, 5.41) is 0.493. The zero-order chi connectivity index (χ0) is 24.5. The highest BCUT2D eigenvalue weighted by molar-refractivity contribution is 5.85. The number of rotatable bonds is 11. The lowest BCUT2D eigenvalue weighted by Crippen LogP contribution is -2.43. The molecule has 0 fully saturated rings. The highest BCUT2D eigenvalue weighted by atomic mass is 16.5. The van der Waals surface area contributed by atoms with Crippen molar-refractivity contribution in [2.75, 3.05) is 26.8 Å². The summed E-state index contributed by atoms with van der Waals surface area (Å²) in [5.41, 5.74) is 2.65. The molecule has 1 aromatic heterocycles. The number of ether oxygens (including phenoxy) is 1. The predicted octanol–water partition coefficient (Wildman–Crippen LogP) is 3.91. The summed E-state index contributed by atoms with van der Waals surface area (Å²) >= 11 is 0. The first kappa shape index (κ1) is 25.2. The van der Waals surface area contributed by atoms with Gasteiger partial charge in [0.1, 0.15) is 5.58 Å². The van der Waals surface area contributed by atoms with Crippen molar-refractivity contribution >= 4 is 22.8 Å². The molecule has 7 nitrogen and oxygen atoms in total. The Hall–Kier alpha value is -3.45. The molecule has 0 unspecified atom stereocenters. The van der Waals surface area contributed by atoms with Crippen LogP contribution in [0.2, 0.25) is 0 Å². The maximum Gasteiger partial charge on any atom is 0.242 e. The number of amides is 2. The molecule has 3 rings (SSSR count). The van der Waals surface area contributed by atoms with Crippen molar-refractivity contribution in [1.29, 1.82) is 0 Å². The molecule has 0 spiro atoms. The van der Waals surface area contributed by atoms with Gasteiger partial charge in [-0.15, -0.1) is 0 Å². The van der Waals surface area contributed by atoms with Crippen molar-refractivity contribution in [1.82, 2.24) is 9.80 Å². The van der Waals surface area contributed by atoms with Gasteiger partial charge in [-0.3, -0.25) is 14.4 Å². The Balaban J connectivity index is 1.88. The minimum Gasteiger partial charge on any atom is -0.464 e. The molecule has 0 saturated heterocycles. The summed E-state index contributed by atoms with van der Waals surface area (Å²) in [5.74, 6) is -0.323. The lowest BCUT2D eigenvalue weighted by Gasteiger charge is -2.27. The maximum atomic E-state index is 13.4. The molecule has 0 radical (unpaired) electrons. The van der Waals surface area contributed by atoms with Gasteiger partial charge in [-0.05, 0) is 31.0 Å². The maximum absolute atomic E-state index is 13.4. The van der Waals surface area contributed by atoms with Crippen molar-refractivity contribution in [3.8, 4) is 0 Å². The molecule has 1 heterocycles. The summed E-state index contributed by atoms with van der Waals surface area (Å²) in [6.45, 7) is 4.99. The largest absolute Gasteiger partial charge is 0.464 e. The second-order valence-corrected chi connectivity index (χ2v) is 8.34. The second-order valence-electron chi connectivity index (χ2n) is 8.34. The van der Waals surface area contributed by atoms with E-state index in [0.29, 0.717) is 49.1 Å². The molecule has 3 aromatic rings. The van der Waals surface area contributed by atoms with Crippen LogP contribution in [0.25, 0.3) is 11.0 Å². The SMILES string of the molecule is CCC(=O)N(CCCOC)CC(=O)N(Cc1ccccc1)Cc1coc2ccc(C)cc2c1=O. The van der Waals surface area contributed by atoms with Crippen molar-refractivity contribution in [2.24, 2.45) is 0 Å². The molecule has 0 bridgehead atoms. The molecule has 2 amide bonds. The van der Waals surface area contributed by atoms with Crippen LogP contribution in [-0.4, -0.2) is 48.4 Å². The lowest BCUT2D eigenvalue weighted by molar-refractivity contribution is -0.141. The van der Waals surface area contributed by atoms with Crippen LogP contribution in [0.5, 0.6) is 0 Å². The van der Waals surface area contributed by atoms with Gasteiger partial charge in [0, 0.05) is 33.2 Å². The van der Waals surface area contributed by atoms with E-state index >= 15 is 0 Å². The average Bonchev–Trinajstić information content (AvgIpc) is 2.85. The van der Waals surface area contributed by atoms with Gasteiger partial charge in [0.2, 0.25) is 11.8 Å². The van der Waals surface area contributed by atoms with Crippen LogP contribution in [0.4, 0.5) is 0 Å². The van der Waals surface area contributed by atoms with Crippen LogP contribution in [-0.2, 0) is 27.4 Å². The Morgan fingerprint density at radius 3 is 2.47 bits per heavy atom. The summed E-state index contributed by atoms with van der Waals surface area (Å²) < 4.78 is 10.8. The van der Waals surface area contributed by atoms with Gasteiger partial charge in [-0.2, -0.15) is 0 Å². The van der Waals surface area contributed by atoms with E-state index in [4.69, 9.17) is 9.15 Å². The quantitative estimate of drug-likeness (QED) is 0.402. The summed E-state index contributed by atoms with van der Waals surface area (Å²) in [6, 6.07) is 15.0. The van der Waals surface area contributed by atoms with Gasteiger partial charge in [0.05, 0.1) is 30.3 Å². The molecule has 0 saturated carbocycles. The molecule has 0 atom stereocenters. The highest BCUT2D eigenvalue weighted by Crippen LogP contribution is 2.16. The molecule has 0 aliphatic carbocycles. The topological polar surface area (TPSA) is 80.1 Å². The Morgan fingerprint density at radius 2 is 1.76 bits per heavy atom. The van der Waals surface area contributed by atoms with Gasteiger partial charge in [-0.25, -0.2) is 0 Å². The van der Waals surface area contributed by atoms with E-state index in [1.54, 1.807) is 36.0 Å². The van der Waals surface area contributed by atoms with Gasteiger partial charge in [0.25, 0.3) is 0 Å². The Bertz CT molecular complexity index is 1170. The number of fused-ring (bicyclic) bond motifs is 1. The van der Waals surface area contributed by atoms with E-state index in [1.807, 2.05) is 43.3 Å². The number of carbonyl (C=O) groups is 2. The molecule has 2 aromatic carbocycles. The fourth-order valence-electron chi connectivity index (χ4n) is 3.81. The highest BCUT2D eigenvalue weighted by Gasteiger charge is 2.22. The minimum absolute atomic E-state index is 0.0543. The minimum atomic E-state index is -0.230. The fourth-order valence-corrected chi connectivity index (χ4v) is 3.81. The first-order chi connectivity index (χ1) is 16.4. The zero-order valence-electron chi connectivity index (χ0n) is 20.1. The Labute approximate surface area is 199 Å². The standard InChI is InChI=1S/C27H32N2O5/c1-4-25(30)28(13-8-14-33-3)18-26(31)29(16-21-9-6-5-7-10-21)17-22-19-34-24-12-11-20(2)15-23(24)27(22)32/h5-7,9-12,15,19H,4,8,13-14,16-18H2,1-3H3. The molecule has 180 valence electrons. The Kier molecular flexibility index (Phi) is 8.99. The van der Waals surface area contributed by atoms with Gasteiger partial charge >= 0.3 is 0 Å². The summed E-state index contributed by atoms with van der Waals surface area (Å²) in [7, 11) is 1.61. The first-order valence-corrected chi connectivity index (χ1v) is 11.5. The van der Waals surface area contributed by atoms with Crippen molar-refractivity contribution < 1.29 is 18.7 Å². The number of aryl methyl sites for hydroxylation is 1. The number of hydrogen-bond acceptors (Lipinski definition) is 5. The second kappa shape index (κ2) is 12.1. The average molecular weight is 465 g/mol. The van der Waals surface area contributed by atoms with Crippen LogP contribution in [0.1, 0.15) is 36.5 Å². The molecule has 7 heteroatoms. The van der Waals surface area contributed by atoms with Crippen LogP contribution >= 0.6 is 0 Å². The van der Waals surface area contributed by atoms with E-state index in [0.717, 1.165) is 11.1 Å². The van der Waals surface area contributed by atoms with Crippen LogP contribution in [0.15, 0.2) is 64.0 Å². The van der Waals surface area contributed by atoms with Crippen molar-refractivity contribution in [3.63, 3.8) is 0 Å². The number of benzene rings is 2. The molecule has 0 aliphatic heterocycles. The smallest absolute Gasteiger partial charge is 0.242 e. The van der Waals surface area contributed by atoms with Gasteiger partial charge < -0.3 is 19.0 Å². The Morgan fingerprint density at radius 1 is 1.00 bits per heavy atom. The first-order valence-electron chi connectivity index (χ1n) is 11.5. The van der Waals surface area contributed by atoms with Gasteiger partial charge in [0.15, 0.2) is 5.43 Å². The normalized spacial score (nSPS) is 10.9. The molecule has 0 N–H and O–H groups in total.